The molecule has 0 bridgehead atoms. The van der Waals surface area contributed by atoms with Gasteiger partial charge in [0.15, 0.2) is 9.84 Å². The van der Waals surface area contributed by atoms with E-state index in [0.717, 1.165) is 12.1 Å². The van der Waals surface area contributed by atoms with Crippen LogP contribution in [-0.4, -0.2) is 48.0 Å². The molecule has 2 N–H and O–H groups in total. The van der Waals surface area contributed by atoms with Crippen LogP contribution in [0.1, 0.15) is 39.5 Å². The molecule has 1 aromatic heterocycles. The molecule has 13 heteroatoms. The third-order valence-corrected chi connectivity index (χ3v) is 6.88. The Morgan fingerprint density at radius 2 is 2.09 bits per heavy atom. The smallest absolute Gasteiger partial charge is 0.408 e. The number of aromatic nitrogens is 2. The quantitative estimate of drug-likeness (QED) is 0.673. The first-order valence-electron chi connectivity index (χ1n) is 9.96. The molecule has 0 unspecified atom stereocenters. The van der Waals surface area contributed by atoms with Crippen molar-refractivity contribution in [3.63, 3.8) is 0 Å². The van der Waals surface area contributed by atoms with Crippen LogP contribution in [0.25, 0.3) is 11.4 Å². The number of alkyl carbamates (subject to hydrolysis) is 1. The minimum atomic E-state index is -4.18. The zero-order chi connectivity index (χ0) is 24.2. The molecule has 2 heterocycles. The van der Waals surface area contributed by atoms with Gasteiger partial charge in [-0.05, 0) is 45.7 Å². The second-order valence-corrected chi connectivity index (χ2v) is 10.9. The summed E-state index contributed by atoms with van der Waals surface area (Å²) >= 11 is 0. The van der Waals surface area contributed by atoms with Crippen LogP contribution in [0.4, 0.5) is 14.9 Å². The highest BCUT2D eigenvalue weighted by atomic mass is 32.2. The number of hydrogen-bond donors (Lipinski definition) is 2. The van der Waals surface area contributed by atoms with Crippen LogP contribution in [0, 0.1) is 17.1 Å². The Morgan fingerprint density at radius 3 is 2.70 bits per heavy atom. The van der Waals surface area contributed by atoms with Crippen molar-refractivity contribution in [2.24, 2.45) is 0 Å². The normalized spacial score (nSPS) is 20.6. The van der Waals surface area contributed by atoms with Crippen molar-refractivity contribution in [1.82, 2.24) is 15.5 Å². The highest BCUT2D eigenvalue weighted by Gasteiger charge is 2.50. The highest BCUT2D eigenvalue weighted by molar-refractivity contribution is 7.91. The van der Waals surface area contributed by atoms with Crippen molar-refractivity contribution < 1.29 is 31.7 Å². The molecule has 11 nitrogen and oxygen atoms in total. The molecule has 0 saturated heterocycles. The topological polar surface area (TPSA) is 164 Å². The molecule has 1 aliphatic carbocycles. The van der Waals surface area contributed by atoms with Gasteiger partial charge in [0.25, 0.3) is 0 Å². The number of halogens is 1. The summed E-state index contributed by atoms with van der Waals surface area (Å²) in [4.78, 5) is 28.3. The van der Waals surface area contributed by atoms with Crippen molar-refractivity contribution >= 4 is 27.5 Å². The average molecular weight is 477 g/mol. The van der Waals surface area contributed by atoms with Gasteiger partial charge in [-0.1, -0.05) is 5.16 Å². The molecule has 174 valence electrons. The lowest BCUT2D eigenvalue weighted by Crippen LogP contribution is -2.48. The fourth-order valence-electron chi connectivity index (χ4n) is 3.27. The third-order valence-electron chi connectivity index (χ3n) is 5.10. The van der Waals surface area contributed by atoms with E-state index in [-0.39, 0.29) is 23.0 Å². The van der Waals surface area contributed by atoms with Crippen LogP contribution < -0.4 is 10.6 Å². The van der Waals surface area contributed by atoms with Gasteiger partial charge >= 0.3 is 6.09 Å². The Morgan fingerprint density at radius 1 is 1.39 bits per heavy atom. The molecular weight excluding hydrogens is 457 g/mol. The standard InChI is InChI=1S/C20H20FN5O6S/c1-19(2,3)31-18(28)24-13-8-33(29,30)14-7-11(21)10(6-12(14)23-16(13)27)15-25-17(32-26-15)20(9-22)4-5-20/h6-7,13H,4-5,8H2,1-3H3,(H,23,27)(H,24,28)/t13-/m0/s1. The van der Waals surface area contributed by atoms with Gasteiger partial charge in [0, 0.05) is 0 Å². The molecule has 33 heavy (non-hydrogen) atoms. The predicted molar refractivity (Wildman–Crippen MR) is 110 cm³/mol. The lowest BCUT2D eigenvalue weighted by atomic mass is 10.1. The molecule has 2 amide bonds. The largest absolute Gasteiger partial charge is 0.444 e. The highest BCUT2D eigenvalue weighted by Crippen LogP contribution is 2.47. The van der Waals surface area contributed by atoms with E-state index in [2.05, 4.69) is 26.8 Å². The minimum absolute atomic E-state index is 0.0487. The maximum absolute atomic E-state index is 14.9. The molecule has 2 aliphatic rings. The Labute approximate surface area is 188 Å². The van der Waals surface area contributed by atoms with E-state index in [1.165, 1.54) is 0 Å². The Hall–Kier alpha value is -3.53. The van der Waals surface area contributed by atoms with Crippen LogP contribution in [0.15, 0.2) is 21.6 Å². The molecule has 1 aliphatic heterocycles. The van der Waals surface area contributed by atoms with Gasteiger partial charge in [0.2, 0.25) is 17.6 Å². The third kappa shape index (κ3) is 4.38. The fraction of sp³-hybridized carbons (Fsp3) is 0.450. The van der Waals surface area contributed by atoms with E-state index in [1.54, 1.807) is 20.8 Å². The first-order chi connectivity index (χ1) is 15.3. The lowest BCUT2D eigenvalue weighted by Gasteiger charge is -2.22. The van der Waals surface area contributed by atoms with E-state index in [9.17, 15) is 27.7 Å². The second kappa shape index (κ2) is 7.51. The number of hydrogen-bond acceptors (Lipinski definition) is 9. The van der Waals surface area contributed by atoms with Gasteiger partial charge in [-0.3, -0.25) is 4.79 Å². The average Bonchev–Trinajstić information content (AvgIpc) is 3.36. The minimum Gasteiger partial charge on any atom is -0.444 e. The van der Waals surface area contributed by atoms with Gasteiger partial charge in [0.05, 0.1) is 28.0 Å². The number of carbonyl (C=O) groups is 2. The fourth-order valence-corrected chi connectivity index (χ4v) is 4.85. The molecule has 2 aromatic rings. The number of nitriles is 1. The first kappa shape index (κ1) is 22.7. The maximum Gasteiger partial charge on any atom is 0.408 e. The summed E-state index contributed by atoms with van der Waals surface area (Å²) in [5.74, 6) is -2.71. The Kier molecular flexibility index (Phi) is 5.16. The number of fused-ring (bicyclic) bond motifs is 1. The summed E-state index contributed by atoms with van der Waals surface area (Å²) in [5.41, 5.74) is -2.16. The zero-order valence-electron chi connectivity index (χ0n) is 17.9. The van der Waals surface area contributed by atoms with Crippen molar-refractivity contribution in [1.29, 1.82) is 5.26 Å². The summed E-state index contributed by atoms with van der Waals surface area (Å²) < 4.78 is 50.8. The monoisotopic (exact) mass is 477 g/mol. The molecular formula is C20H20FN5O6S. The van der Waals surface area contributed by atoms with Crippen molar-refractivity contribution in [3.8, 4) is 17.5 Å². The van der Waals surface area contributed by atoms with E-state index < -0.39 is 55.4 Å². The van der Waals surface area contributed by atoms with Crippen LogP contribution >= 0.6 is 0 Å². The number of carbonyl (C=O) groups excluding carboxylic acids is 2. The Bertz CT molecular complexity index is 1300. The van der Waals surface area contributed by atoms with Crippen LogP contribution in [-0.2, 0) is 24.8 Å². The molecule has 1 fully saturated rings. The number of rotatable bonds is 3. The molecule has 0 radical (unpaired) electrons. The number of nitrogens with one attached hydrogen (secondary N) is 2. The molecule has 1 saturated carbocycles. The second-order valence-electron chi connectivity index (χ2n) is 8.91. The van der Waals surface area contributed by atoms with E-state index >= 15 is 0 Å². The van der Waals surface area contributed by atoms with Gasteiger partial charge in [-0.25, -0.2) is 17.6 Å². The number of ether oxygens (including phenoxy) is 1. The first-order valence-corrected chi connectivity index (χ1v) is 11.6. The predicted octanol–water partition coefficient (Wildman–Crippen LogP) is 2.05. The van der Waals surface area contributed by atoms with Gasteiger partial charge < -0.3 is 19.9 Å². The van der Waals surface area contributed by atoms with E-state index in [4.69, 9.17) is 9.26 Å². The summed E-state index contributed by atoms with van der Waals surface area (Å²) in [7, 11) is -4.18. The number of anilines is 1. The van der Waals surface area contributed by atoms with Crippen LogP contribution in [0.2, 0.25) is 0 Å². The molecule has 4 rings (SSSR count). The van der Waals surface area contributed by atoms with E-state index in [0.29, 0.717) is 12.8 Å². The van der Waals surface area contributed by atoms with Crippen LogP contribution in [0.3, 0.4) is 0 Å². The lowest BCUT2D eigenvalue weighted by molar-refractivity contribution is -0.117. The van der Waals surface area contributed by atoms with Gasteiger partial charge in [-0.2, -0.15) is 10.2 Å². The van der Waals surface area contributed by atoms with Gasteiger partial charge in [-0.15, -0.1) is 0 Å². The van der Waals surface area contributed by atoms with Crippen LogP contribution in [0.5, 0.6) is 0 Å². The summed E-state index contributed by atoms with van der Waals surface area (Å²) in [6, 6.07) is 2.45. The molecule has 1 aromatic carbocycles. The summed E-state index contributed by atoms with van der Waals surface area (Å²) in [6.07, 6.45) is 0.109. The van der Waals surface area contributed by atoms with Crippen molar-refractivity contribution in [2.45, 2.75) is 55.6 Å². The number of sulfone groups is 1. The number of benzene rings is 1. The van der Waals surface area contributed by atoms with Crippen molar-refractivity contribution in [3.05, 3.63) is 23.8 Å². The SMILES string of the molecule is CC(C)(C)OC(=O)N[C@H]1CS(=O)(=O)c2cc(F)c(-c3noc(C4(C#N)CC4)n3)cc2NC1=O. The molecule has 1 atom stereocenters. The van der Waals surface area contributed by atoms with Crippen molar-refractivity contribution in [2.75, 3.05) is 11.1 Å². The zero-order valence-corrected chi connectivity index (χ0v) is 18.7. The Balaban J connectivity index is 1.66. The summed E-state index contributed by atoms with van der Waals surface area (Å²) in [5, 5.41) is 17.6. The summed E-state index contributed by atoms with van der Waals surface area (Å²) in [6.45, 7) is 4.84. The number of amides is 2. The molecule has 0 spiro atoms. The maximum atomic E-state index is 14.9. The van der Waals surface area contributed by atoms with E-state index in [1.807, 2.05) is 0 Å². The van der Waals surface area contributed by atoms with Gasteiger partial charge in [0.1, 0.15) is 22.9 Å². The number of nitrogens with zero attached hydrogens (tertiary/aromatic N) is 3.